The molecule has 2 N–H and O–H groups in total. The molecule has 1 saturated heterocycles. The van der Waals surface area contributed by atoms with Gasteiger partial charge in [0.05, 0.1) is 11.3 Å². The molecule has 0 atom stereocenters. The summed E-state index contributed by atoms with van der Waals surface area (Å²) in [7, 11) is 0. The standard InChI is InChI=1S/C24H27BrN6OS2/c1-2-8-30-9-11-31(12-10-30)24(33)34-15-22(32)28-19-6-7-21-20(14-19)23(27-16-26-21)29-18-5-3-4-17(25)13-18/h3-7,13-14,16H,2,8-12,15H2,1H3,(H,28,32)(H,26,27,29). The molecule has 10 heteroatoms. The monoisotopic (exact) mass is 558 g/mol. The first kappa shape index (κ1) is 24.8. The highest BCUT2D eigenvalue weighted by atomic mass is 79.9. The van der Waals surface area contributed by atoms with E-state index in [9.17, 15) is 4.79 Å². The van der Waals surface area contributed by atoms with E-state index in [4.69, 9.17) is 12.2 Å². The van der Waals surface area contributed by atoms with Gasteiger partial charge in [0.2, 0.25) is 5.91 Å². The highest BCUT2D eigenvalue weighted by Gasteiger charge is 2.19. The number of fused-ring (bicyclic) bond motifs is 1. The van der Waals surface area contributed by atoms with Gasteiger partial charge < -0.3 is 15.5 Å². The lowest BCUT2D eigenvalue weighted by Gasteiger charge is -2.35. The van der Waals surface area contributed by atoms with Crippen molar-refractivity contribution >= 4 is 78.2 Å². The van der Waals surface area contributed by atoms with Crippen molar-refractivity contribution < 1.29 is 4.79 Å². The lowest BCUT2D eigenvalue weighted by molar-refractivity contribution is -0.113. The van der Waals surface area contributed by atoms with E-state index in [1.54, 1.807) is 0 Å². The van der Waals surface area contributed by atoms with Crippen LogP contribution in [0.1, 0.15) is 13.3 Å². The maximum atomic E-state index is 12.6. The Balaban J connectivity index is 1.35. The summed E-state index contributed by atoms with van der Waals surface area (Å²) in [6.45, 7) is 7.23. The van der Waals surface area contributed by atoms with Gasteiger partial charge in [-0.3, -0.25) is 9.69 Å². The number of hydrogen-bond donors (Lipinski definition) is 2. The minimum absolute atomic E-state index is 0.0883. The third-order valence-electron chi connectivity index (χ3n) is 5.50. The zero-order valence-corrected chi connectivity index (χ0v) is 22.2. The number of piperazine rings is 1. The van der Waals surface area contributed by atoms with E-state index in [-0.39, 0.29) is 11.7 Å². The Morgan fingerprint density at radius 2 is 1.94 bits per heavy atom. The Bertz CT molecular complexity index is 1170. The number of carbonyl (C=O) groups excluding carboxylic acids is 1. The summed E-state index contributed by atoms with van der Waals surface area (Å²) in [5.74, 6) is 0.868. The predicted octanol–water partition coefficient (Wildman–Crippen LogP) is 5.12. The van der Waals surface area contributed by atoms with Gasteiger partial charge in [0.1, 0.15) is 16.5 Å². The number of aromatic nitrogens is 2. The summed E-state index contributed by atoms with van der Waals surface area (Å²) in [6, 6.07) is 13.5. The Kier molecular flexibility index (Phi) is 8.71. The minimum Gasteiger partial charge on any atom is -0.355 e. The SMILES string of the molecule is CCCN1CCN(C(=S)SCC(=O)Nc2ccc3ncnc(Nc4cccc(Br)c4)c3c2)CC1. The van der Waals surface area contributed by atoms with Gasteiger partial charge in [-0.15, -0.1) is 0 Å². The number of thiocarbonyl (C=S) groups is 1. The van der Waals surface area contributed by atoms with Crippen LogP contribution in [0.5, 0.6) is 0 Å². The maximum absolute atomic E-state index is 12.6. The van der Waals surface area contributed by atoms with Crippen molar-refractivity contribution in [3.8, 4) is 0 Å². The fraction of sp³-hybridized carbons (Fsp3) is 0.333. The molecule has 0 bridgehead atoms. The second-order valence-corrected chi connectivity index (χ2v) is 10.5. The van der Waals surface area contributed by atoms with Crippen LogP contribution in [0, 0.1) is 0 Å². The molecule has 34 heavy (non-hydrogen) atoms. The van der Waals surface area contributed by atoms with Gasteiger partial charge in [-0.1, -0.05) is 52.9 Å². The van der Waals surface area contributed by atoms with Crippen LogP contribution in [0.25, 0.3) is 10.9 Å². The van der Waals surface area contributed by atoms with Crippen molar-refractivity contribution in [1.29, 1.82) is 0 Å². The first-order valence-electron chi connectivity index (χ1n) is 11.2. The molecule has 2 aromatic carbocycles. The summed E-state index contributed by atoms with van der Waals surface area (Å²) < 4.78 is 1.76. The number of rotatable bonds is 7. The van der Waals surface area contributed by atoms with Crippen LogP contribution >= 0.6 is 39.9 Å². The summed E-state index contributed by atoms with van der Waals surface area (Å²) in [5.41, 5.74) is 2.40. The second-order valence-electron chi connectivity index (χ2n) is 8.02. The smallest absolute Gasteiger partial charge is 0.234 e. The highest BCUT2D eigenvalue weighted by molar-refractivity contribution is 9.10. The van der Waals surface area contributed by atoms with Crippen LogP contribution in [0.3, 0.4) is 0 Å². The minimum atomic E-state index is -0.0883. The topological polar surface area (TPSA) is 73.4 Å². The molecule has 3 aromatic rings. The lowest BCUT2D eigenvalue weighted by Crippen LogP contribution is -2.47. The number of hydrogen-bond acceptors (Lipinski definition) is 7. The first-order chi connectivity index (χ1) is 16.5. The third-order valence-corrected chi connectivity index (χ3v) is 7.52. The zero-order valence-electron chi connectivity index (χ0n) is 19.0. The quantitative estimate of drug-likeness (QED) is 0.387. The molecule has 0 spiro atoms. The van der Waals surface area contributed by atoms with Crippen LogP contribution in [0.2, 0.25) is 0 Å². The molecule has 0 radical (unpaired) electrons. The average molecular weight is 560 g/mol. The van der Waals surface area contributed by atoms with Gasteiger partial charge in [0, 0.05) is 47.4 Å². The molecule has 0 unspecified atom stereocenters. The number of amides is 1. The van der Waals surface area contributed by atoms with Crippen molar-refractivity contribution in [3.63, 3.8) is 0 Å². The maximum Gasteiger partial charge on any atom is 0.234 e. The van der Waals surface area contributed by atoms with Crippen molar-refractivity contribution in [1.82, 2.24) is 19.8 Å². The van der Waals surface area contributed by atoms with Crippen LogP contribution in [0.4, 0.5) is 17.2 Å². The Labute approximate surface area is 217 Å². The van der Waals surface area contributed by atoms with Crippen molar-refractivity contribution in [2.75, 3.05) is 49.1 Å². The summed E-state index contributed by atoms with van der Waals surface area (Å²) >= 11 is 10.5. The van der Waals surface area contributed by atoms with E-state index in [2.05, 4.69) is 53.3 Å². The van der Waals surface area contributed by atoms with Crippen LogP contribution in [0.15, 0.2) is 53.3 Å². The molecule has 1 amide bonds. The van der Waals surface area contributed by atoms with E-state index in [0.717, 1.165) is 58.1 Å². The zero-order chi connectivity index (χ0) is 23.9. The molecule has 2 heterocycles. The van der Waals surface area contributed by atoms with Crippen LogP contribution in [-0.4, -0.2) is 68.5 Å². The summed E-state index contributed by atoms with van der Waals surface area (Å²) in [6.07, 6.45) is 2.70. The van der Waals surface area contributed by atoms with Gasteiger partial charge in [0.25, 0.3) is 0 Å². The van der Waals surface area contributed by atoms with E-state index >= 15 is 0 Å². The summed E-state index contributed by atoms with van der Waals surface area (Å²) in [4.78, 5) is 26.0. The molecule has 1 aliphatic heterocycles. The molecule has 0 aliphatic carbocycles. The van der Waals surface area contributed by atoms with Crippen LogP contribution in [-0.2, 0) is 4.79 Å². The normalized spacial score (nSPS) is 14.2. The number of nitrogens with zero attached hydrogens (tertiary/aromatic N) is 4. The van der Waals surface area contributed by atoms with Crippen molar-refractivity contribution in [2.45, 2.75) is 13.3 Å². The summed E-state index contributed by atoms with van der Waals surface area (Å²) in [5, 5.41) is 7.14. The van der Waals surface area contributed by atoms with E-state index in [0.29, 0.717) is 11.5 Å². The van der Waals surface area contributed by atoms with E-state index < -0.39 is 0 Å². The molecule has 7 nitrogen and oxygen atoms in total. The average Bonchev–Trinajstić information content (AvgIpc) is 2.84. The van der Waals surface area contributed by atoms with E-state index in [1.807, 2.05) is 42.5 Å². The van der Waals surface area contributed by atoms with Crippen molar-refractivity contribution in [2.24, 2.45) is 0 Å². The second kappa shape index (κ2) is 11.9. The van der Waals surface area contributed by atoms with Gasteiger partial charge in [-0.05, 0) is 49.4 Å². The fourth-order valence-corrected chi connectivity index (χ4v) is 5.27. The number of anilines is 3. The molecule has 1 aromatic heterocycles. The molecule has 178 valence electrons. The predicted molar refractivity (Wildman–Crippen MR) is 149 cm³/mol. The third kappa shape index (κ3) is 6.65. The highest BCUT2D eigenvalue weighted by Crippen LogP contribution is 2.27. The number of benzene rings is 2. The fourth-order valence-electron chi connectivity index (χ4n) is 3.82. The molecule has 0 saturated carbocycles. The molecular weight excluding hydrogens is 532 g/mol. The Hall–Kier alpha value is -2.27. The van der Waals surface area contributed by atoms with Gasteiger partial charge >= 0.3 is 0 Å². The molecule has 4 rings (SSSR count). The van der Waals surface area contributed by atoms with Crippen molar-refractivity contribution in [3.05, 3.63) is 53.3 Å². The molecule has 1 fully saturated rings. The van der Waals surface area contributed by atoms with Crippen LogP contribution < -0.4 is 10.6 Å². The molecular formula is C24H27BrN6OS2. The number of thioether (sulfide) groups is 1. The van der Waals surface area contributed by atoms with Gasteiger partial charge in [-0.2, -0.15) is 0 Å². The number of carbonyl (C=O) groups is 1. The number of halogens is 1. The largest absolute Gasteiger partial charge is 0.355 e. The lowest BCUT2D eigenvalue weighted by atomic mass is 10.2. The van der Waals surface area contributed by atoms with Gasteiger partial charge in [-0.25, -0.2) is 9.97 Å². The molecule has 1 aliphatic rings. The Morgan fingerprint density at radius 1 is 1.12 bits per heavy atom. The van der Waals surface area contributed by atoms with Gasteiger partial charge in [0.15, 0.2) is 0 Å². The Morgan fingerprint density at radius 3 is 2.71 bits per heavy atom. The van der Waals surface area contributed by atoms with E-state index in [1.165, 1.54) is 24.5 Å². The number of nitrogens with one attached hydrogen (secondary N) is 2. The first-order valence-corrected chi connectivity index (χ1v) is 13.4.